The number of methoxy groups -OCH3 is 1. The van der Waals surface area contributed by atoms with E-state index in [1.807, 2.05) is 24.3 Å². The number of H-pyrrole nitrogens is 1. The van der Waals surface area contributed by atoms with E-state index < -0.39 is 5.97 Å². The fourth-order valence-electron chi connectivity index (χ4n) is 7.52. The number of carbonyl (C=O) groups is 1. The number of esters is 1. The minimum atomic E-state index is -0.478. The van der Waals surface area contributed by atoms with Crippen LogP contribution in [0, 0.1) is 0 Å². The molecule has 2 saturated carbocycles. The van der Waals surface area contributed by atoms with Crippen LogP contribution in [0.1, 0.15) is 81.9 Å². The summed E-state index contributed by atoms with van der Waals surface area (Å²) in [5.74, 6) is 0.0542. The zero-order valence-electron chi connectivity index (χ0n) is 36.6. The lowest BCUT2D eigenvalue weighted by molar-refractivity contribution is -0.139. The van der Waals surface area contributed by atoms with Gasteiger partial charge in [-0.3, -0.25) is 13.9 Å². The van der Waals surface area contributed by atoms with Crippen LogP contribution in [0.4, 0.5) is 0 Å². The molecule has 0 unspecified atom stereocenters. The van der Waals surface area contributed by atoms with Crippen LogP contribution < -0.4 is 11.2 Å². The van der Waals surface area contributed by atoms with Gasteiger partial charge in [-0.25, -0.2) is 14.6 Å². The molecular formula is C45H68N4O13. The molecule has 346 valence electrons. The Balaban J connectivity index is 0.877. The van der Waals surface area contributed by atoms with Crippen LogP contribution in [0.25, 0.3) is 28.6 Å². The maximum absolute atomic E-state index is 14.0. The van der Waals surface area contributed by atoms with Gasteiger partial charge in [0.2, 0.25) is 0 Å². The monoisotopic (exact) mass is 872 g/mol. The fraction of sp³-hybridized carbons (Fsp3) is 0.689. The highest BCUT2D eigenvalue weighted by molar-refractivity contribution is 5.87. The highest BCUT2D eigenvalue weighted by Gasteiger charge is 2.28. The molecule has 17 heteroatoms. The molecule has 0 spiro atoms. The van der Waals surface area contributed by atoms with Gasteiger partial charge in [-0.15, -0.1) is 0 Å². The van der Waals surface area contributed by atoms with Crippen molar-refractivity contribution in [3.8, 4) is 11.4 Å². The summed E-state index contributed by atoms with van der Waals surface area (Å²) in [5.41, 5.74) is 1.88. The molecule has 2 heterocycles. The summed E-state index contributed by atoms with van der Waals surface area (Å²) in [6.07, 6.45) is 13.0. The van der Waals surface area contributed by atoms with Crippen molar-refractivity contribution in [2.75, 3.05) is 126 Å². The quantitative estimate of drug-likeness (QED) is 0.0508. The normalized spacial score (nSPS) is 15.3. The van der Waals surface area contributed by atoms with Gasteiger partial charge in [-0.1, -0.05) is 62.8 Å². The molecule has 2 fully saturated rings. The standard InChI is InChI=1S/C45H68N4O13/c1-53-18-19-54-20-21-55-22-23-56-24-25-57-26-27-58-28-29-59-30-31-60-32-33-61-34-35-62-40(50)17-14-36-12-15-37(16-13-36)42-46-41-43(47-42)48(38-8-4-2-5-9-38)45(52)49(44(41)51)39-10-6-3-7-11-39/h12-17,38-39H,2-11,18-35H2,1H3,(H,46,47). The highest BCUT2D eigenvalue weighted by Crippen LogP contribution is 2.31. The van der Waals surface area contributed by atoms with Crippen molar-refractivity contribution >= 4 is 23.2 Å². The topological polar surface area (TPSA) is 182 Å². The third kappa shape index (κ3) is 17.1. The van der Waals surface area contributed by atoms with Crippen molar-refractivity contribution in [2.24, 2.45) is 0 Å². The largest absolute Gasteiger partial charge is 0.460 e. The van der Waals surface area contributed by atoms with E-state index in [2.05, 4.69) is 4.98 Å². The van der Waals surface area contributed by atoms with E-state index in [1.54, 1.807) is 17.8 Å². The number of hydrogen-bond donors (Lipinski definition) is 1. The molecule has 17 nitrogen and oxygen atoms in total. The lowest BCUT2D eigenvalue weighted by Gasteiger charge is -2.28. The van der Waals surface area contributed by atoms with Crippen LogP contribution in [-0.2, 0) is 52.2 Å². The average Bonchev–Trinajstić information content (AvgIpc) is 3.74. The van der Waals surface area contributed by atoms with E-state index in [1.165, 1.54) is 10.6 Å². The van der Waals surface area contributed by atoms with Crippen molar-refractivity contribution in [3.05, 3.63) is 56.7 Å². The molecule has 2 aliphatic rings. The Morgan fingerprint density at radius 1 is 0.597 bits per heavy atom. The first-order valence-electron chi connectivity index (χ1n) is 22.4. The molecule has 2 aromatic heterocycles. The zero-order chi connectivity index (χ0) is 43.5. The third-order valence-corrected chi connectivity index (χ3v) is 10.7. The van der Waals surface area contributed by atoms with Gasteiger partial charge in [-0.05, 0) is 37.3 Å². The second kappa shape index (κ2) is 29.6. The van der Waals surface area contributed by atoms with Gasteiger partial charge in [0.15, 0.2) is 5.65 Å². The van der Waals surface area contributed by atoms with Crippen LogP contribution in [0.15, 0.2) is 39.9 Å². The third-order valence-electron chi connectivity index (χ3n) is 10.7. The Bertz CT molecular complexity index is 1830. The molecule has 62 heavy (non-hydrogen) atoms. The SMILES string of the molecule is COCCOCCOCCOCCOCCOCCOCCOCCOCCOC(=O)C=Cc1ccc(-c2nc3c([nH]2)c(=O)n(C2CCCCC2)c(=O)n3C2CCCCC2)cc1. The molecule has 0 saturated heterocycles. The number of fused-ring (bicyclic) bond motifs is 1. The van der Waals surface area contributed by atoms with Crippen LogP contribution in [-0.4, -0.2) is 151 Å². The van der Waals surface area contributed by atoms with E-state index in [0.29, 0.717) is 123 Å². The summed E-state index contributed by atoms with van der Waals surface area (Å²) in [7, 11) is 1.64. The molecule has 0 aliphatic heterocycles. The summed E-state index contributed by atoms with van der Waals surface area (Å²) >= 11 is 0. The maximum atomic E-state index is 14.0. The van der Waals surface area contributed by atoms with Gasteiger partial charge in [0.1, 0.15) is 17.9 Å². The Morgan fingerprint density at radius 3 is 1.47 bits per heavy atom. The Kier molecular flexibility index (Phi) is 23.5. The second-order valence-corrected chi connectivity index (χ2v) is 15.2. The number of ether oxygens (including phenoxy) is 10. The Labute approximate surface area is 364 Å². The molecule has 1 N–H and O–H groups in total. The number of benzene rings is 1. The number of rotatable bonds is 32. The molecule has 0 amide bonds. The smallest absolute Gasteiger partial charge is 0.333 e. The molecule has 5 rings (SSSR count). The van der Waals surface area contributed by atoms with Crippen molar-refractivity contribution in [3.63, 3.8) is 0 Å². The van der Waals surface area contributed by atoms with Crippen molar-refractivity contribution in [1.29, 1.82) is 0 Å². The molecule has 3 aromatic rings. The van der Waals surface area contributed by atoms with Gasteiger partial charge >= 0.3 is 11.7 Å². The van der Waals surface area contributed by atoms with Crippen molar-refractivity contribution in [1.82, 2.24) is 19.1 Å². The first kappa shape index (κ1) is 49.2. The molecule has 2 aliphatic carbocycles. The van der Waals surface area contributed by atoms with E-state index >= 15 is 0 Å². The van der Waals surface area contributed by atoms with E-state index in [9.17, 15) is 14.4 Å². The maximum Gasteiger partial charge on any atom is 0.333 e. The zero-order valence-corrected chi connectivity index (χ0v) is 36.6. The number of hydrogen-bond acceptors (Lipinski definition) is 14. The van der Waals surface area contributed by atoms with Gasteiger partial charge in [0.25, 0.3) is 5.56 Å². The summed E-state index contributed by atoms with van der Waals surface area (Å²) in [6.45, 7) is 8.16. The first-order valence-corrected chi connectivity index (χ1v) is 22.4. The predicted molar refractivity (Wildman–Crippen MR) is 233 cm³/mol. The Hall–Kier alpha value is -3.78. The molecule has 1 aromatic carbocycles. The van der Waals surface area contributed by atoms with Crippen LogP contribution in [0.2, 0.25) is 0 Å². The number of nitrogens with one attached hydrogen (secondary N) is 1. The van der Waals surface area contributed by atoms with Crippen molar-refractivity contribution in [2.45, 2.75) is 76.3 Å². The van der Waals surface area contributed by atoms with E-state index in [4.69, 9.17) is 52.4 Å². The second-order valence-electron chi connectivity index (χ2n) is 15.2. The minimum Gasteiger partial charge on any atom is -0.460 e. The van der Waals surface area contributed by atoms with Crippen molar-refractivity contribution < 1.29 is 52.2 Å². The summed E-state index contributed by atoms with van der Waals surface area (Å²) in [5, 5.41) is 0. The fourth-order valence-corrected chi connectivity index (χ4v) is 7.52. The van der Waals surface area contributed by atoms with Gasteiger partial charge in [0.05, 0.1) is 112 Å². The van der Waals surface area contributed by atoms with Gasteiger partial charge in [-0.2, -0.15) is 0 Å². The summed E-state index contributed by atoms with van der Waals surface area (Å²) in [4.78, 5) is 48.2. The molecular weight excluding hydrogens is 805 g/mol. The summed E-state index contributed by atoms with van der Waals surface area (Å²) < 4.78 is 57.1. The summed E-state index contributed by atoms with van der Waals surface area (Å²) in [6, 6.07) is 7.44. The molecule has 0 radical (unpaired) electrons. The average molecular weight is 873 g/mol. The van der Waals surface area contributed by atoms with Crippen LogP contribution in [0.5, 0.6) is 0 Å². The molecule has 0 atom stereocenters. The first-order chi connectivity index (χ1) is 30.6. The van der Waals surface area contributed by atoms with E-state index in [0.717, 1.165) is 75.3 Å². The minimum absolute atomic E-state index is 0.0309. The van der Waals surface area contributed by atoms with Gasteiger partial charge < -0.3 is 52.4 Å². The predicted octanol–water partition coefficient (Wildman–Crippen LogP) is 4.90. The number of aromatic nitrogens is 4. The van der Waals surface area contributed by atoms with E-state index in [-0.39, 0.29) is 36.5 Å². The van der Waals surface area contributed by atoms with Crippen LogP contribution >= 0.6 is 0 Å². The lowest BCUT2D eigenvalue weighted by Crippen LogP contribution is -2.44. The number of imidazole rings is 1. The highest BCUT2D eigenvalue weighted by atomic mass is 16.6. The number of aromatic amines is 1. The Morgan fingerprint density at radius 2 is 1.02 bits per heavy atom. The lowest BCUT2D eigenvalue weighted by atomic mass is 9.94. The van der Waals surface area contributed by atoms with Crippen LogP contribution in [0.3, 0.4) is 0 Å². The number of nitrogens with zero attached hydrogens (tertiary/aromatic N) is 3. The molecule has 0 bridgehead atoms. The van der Waals surface area contributed by atoms with Gasteiger partial charge in [0, 0.05) is 30.8 Å². The number of carbonyl (C=O) groups excluding carboxylic acids is 1.